The molecule has 172 valence electrons. The summed E-state index contributed by atoms with van der Waals surface area (Å²) < 4.78 is 12.8. The quantitative estimate of drug-likeness (QED) is 0.569. The lowest BCUT2D eigenvalue weighted by molar-refractivity contribution is -0.125. The Labute approximate surface area is 191 Å². The van der Waals surface area contributed by atoms with Gasteiger partial charge in [-0.25, -0.2) is 9.97 Å². The number of nitrogens with zero attached hydrogens (tertiary/aromatic N) is 6. The van der Waals surface area contributed by atoms with E-state index >= 15 is 0 Å². The molecule has 2 aliphatic heterocycles. The van der Waals surface area contributed by atoms with E-state index < -0.39 is 0 Å². The van der Waals surface area contributed by atoms with Crippen LogP contribution in [0.3, 0.4) is 0 Å². The Balaban J connectivity index is 1.42. The van der Waals surface area contributed by atoms with Crippen molar-refractivity contribution in [2.75, 3.05) is 51.0 Å². The molecule has 1 aromatic carbocycles. The highest BCUT2D eigenvalue weighted by atomic mass is 16.5. The fourth-order valence-electron chi connectivity index (χ4n) is 4.67. The first-order valence-electron chi connectivity index (χ1n) is 10.9. The molecule has 2 saturated heterocycles. The number of amides is 1. The SMILES string of the molecule is C=CC(=O)N1CC[C@H](c2nn(C3CN(c4cc(OC)cc(OC)c4)C3)c3c(N)ncnc23)C1. The van der Waals surface area contributed by atoms with E-state index in [4.69, 9.17) is 20.3 Å². The summed E-state index contributed by atoms with van der Waals surface area (Å²) in [5, 5.41) is 4.96. The maximum atomic E-state index is 12.1. The Morgan fingerprint density at radius 2 is 1.88 bits per heavy atom. The van der Waals surface area contributed by atoms with Crippen LogP contribution in [0.5, 0.6) is 11.5 Å². The van der Waals surface area contributed by atoms with Gasteiger partial charge in [-0.05, 0) is 12.5 Å². The highest BCUT2D eigenvalue weighted by Crippen LogP contribution is 2.38. The maximum Gasteiger partial charge on any atom is 0.245 e. The molecule has 0 bridgehead atoms. The number of carbonyl (C=O) groups excluding carboxylic acids is 1. The van der Waals surface area contributed by atoms with Crippen molar-refractivity contribution in [1.82, 2.24) is 24.6 Å². The standard InChI is InChI=1S/C23H27N7O3/c1-4-19(31)28-6-5-14(10-28)20-21-22(23(24)26-13-25-21)30(27-20)16-11-29(12-16)15-7-17(32-2)9-18(8-15)33-3/h4,7-9,13-14,16H,1,5-6,10-12H2,2-3H3,(H2,24,25,26)/t14-/m0/s1. The van der Waals surface area contributed by atoms with Gasteiger partial charge in [-0.1, -0.05) is 6.58 Å². The number of aromatic nitrogens is 4. The Morgan fingerprint density at radius 3 is 2.55 bits per heavy atom. The molecule has 1 amide bonds. The predicted molar refractivity (Wildman–Crippen MR) is 125 cm³/mol. The van der Waals surface area contributed by atoms with Gasteiger partial charge >= 0.3 is 0 Å². The van der Waals surface area contributed by atoms with Gasteiger partial charge in [-0.2, -0.15) is 5.10 Å². The largest absolute Gasteiger partial charge is 0.497 e. The zero-order valence-corrected chi connectivity index (χ0v) is 18.8. The van der Waals surface area contributed by atoms with Crippen molar-refractivity contribution in [1.29, 1.82) is 0 Å². The molecule has 4 heterocycles. The molecule has 2 aliphatic rings. The van der Waals surface area contributed by atoms with Crippen LogP contribution < -0.4 is 20.1 Å². The molecule has 0 spiro atoms. The minimum absolute atomic E-state index is 0.0567. The number of hydrogen-bond acceptors (Lipinski definition) is 8. The van der Waals surface area contributed by atoms with Crippen LogP contribution >= 0.6 is 0 Å². The monoisotopic (exact) mass is 449 g/mol. The second-order valence-corrected chi connectivity index (χ2v) is 8.39. The minimum atomic E-state index is -0.0567. The summed E-state index contributed by atoms with van der Waals surface area (Å²) in [7, 11) is 3.29. The van der Waals surface area contributed by atoms with Crippen molar-refractivity contribution in [2.45, 2.75) is 18.4 Å². The van der Waals surface area contributed by atoms with Gasteiger partial charge in [0.05, 0.1) is 26.0 Å². The molecule has 10 heteroatoms. The maximum absolute atomic E-state index is 12.1. The van der Waals surface area contributed by atoms with E-state index in [1.807, 2.05) is 22.9 Å². The molecule has 0 saturated carbocycles. The van der Waals surface area contributed by atoms with Gasteiger partial charge in [-0.3, -0.25) is 9.48 Å². The van der Waals surface area contributed by atoms with Crippen molar-refractivity contribution in [3.8, 4) is 11.5 Å². The Hall–Kier alpha value is -3.82. The first kappa shape index (κ1) is 21.0. The van der Waals surface area contributed by atoms with Crippen LogP contribution in [-0.4, -0.2) is 71.0 Å². The first-order chi connectivity index (χ1) is 16.0. The van der Waals surface area contributed by atoms with Crippen LogP contribution in [0.25, 0.3) is 11.0 Å². The summed E-state index contributed by atoms with van der Waals surface area (Å²) in [6.45, 7) is 6.39. The van der Waals surface area contributed by atoms with E-state index in [9.17, 15) is 4.79 Å². The van der Waals surface area contributed by atoms with Gasteiger partial charge in [0.25, 0.3) is 0 Å². The number of fused-ring (bicyclic) bond motifs is 1. The molecule has 10 nitrogen and oxygen atoms in total. The topological polar surface area (TPSA) is 112 Å². The Bertz CT molecular complexity index is 1200. The van der Waals surface area contributed by atoms with Crippen LogP contribution in [0.1, 0.15) is 24.1 Å². The number of hydrogen-bond donors (Lipinski definition) is 1. The number of anilines is 2. The summed E-state index contributed by atoms with van der Waals surface area (Å²) >= 11 is 0. The number of carbonyl (C=O) groups is 1. The average Bonchev–Trinajstić information content (AvgIpc) is 3.43. The van der Waals surface area contributed by atoms with Crippen LogP contribution in [0.15, 0.2) is 37.2 Å². The van der Waals surface area contributed by atoms with E-state index in [0.29, 0.717) is 18.9 Å². The normalized spacial score (nSPS) is 18.4. The van der Waals surface area contributed by atoms with Gasteiger partial charge in [0.2, 0.25) is 5.91 Å². The van der Waals surface area contributed by atoms with Crippen LogP contribution in [0, 0.1) is 0 Å². The van der Waals surface area contributed by atoms with Gasteiger partial charge in [-0.15, -0.1) is 0 Å². The van der Waals surface area contributed by atoms with Crippen molar-refractivity contribution in [3.05, 3.63) is 42.9 Å². The van der Waals surface area contributed by atoms with Crippen molar-refractivity contribution in [2.24, 2.45) is 0 Å². The summed E-state index contributed by atoms with van der Waals surface area (Å²) in [6.07, 6.45) is 3.66. The lowest BCUT2D eigenvalue weighted by Crippen LogP contribution is -2.48. The van der Waals surface area contributed by atoms with E-state index in [0.717, 1.165) is 53.4 Å². The number of methoxy groups -OCH3 is 2. The van der Waals surface area contributed by atoms with E-state index in [1.165, 1.54) is 12.4 Å². The summed E-state index contributed by atoms with van der Waals surface area (Å²) in [5.74, 6) is 1.95. The Morgan fingerprint density at radius 1 is 1.15 bits per heavy atom. The van der Waals surface area contributed by atoms with Crippen molar-refractivity contribution >= 4 is 28.4 Å². The molecule has 3 aromatic rings. The summed E-state index contributed by atoms with van der Waals surface area (Å²) in [6, 6.07) is 5.96. The molecule has 0 unspecified atom stereocenters. The zero-order chi connectivity index (χ0) is 23.1. The van der Waals surface area contributed by atoms with Gasteiger partial charge in [0.1, 0.15) is 28.9 Å². The third kappa shape index (κ3) is 3.61. The molecule has 2 N–H and O–H groups in total. The van der Waals surface area contributed by atoms with Gasteiger partial charge < -0.3 is 25.0 Å². The Kier molecular flexibility index (Phi) is 5.27. The van der Waals surface area contributed by atoms with Crippen molar-refractivity contribution < 1.29 is 14.3 Å². The number of benzene rings is 1. The number of likely N-dealkylation sites (tertiary alicyclic amines) is 1. The van der Waals surface area contributed by atoms with E-state index in [1.54, 1.807) is 19.1 Å². The molecule has 0 radical (unpaired) electrons. The third-order valence-electron chi connectivity index (χ3n) is 6.51. The van der Waals surface area contributed by atoms with Crippen LogP contribution in [0.4, 0.5) is 11.5 Å². The summed E-state index contributed by atoms with van der Waals surface area (Å²) in [5.41, 5.74) is 9.69. The average molecular weight is 450 g/mol. The lowest BCUT2D eigenvalue weighted by atomic mass is 10.0. The van der Waals surface area contributed by atoms with E-state index in [-0.39, 0.29) is 17.9 Å². The number of nitrogens with two attached hydrogens (primary N) is 1. The zero-order valence-electron chi connectivity index (χ0n) is 18.8. The van der Waals surface area contributed by atoms with Gasteiger partial charge in [0.15, 0.2) is 5.82 Å². The second-order valence-electron chi connectivity index (χ2n) is 8.39. The highest BCUT2D eigenvalue weighted by molar-refractivity contribution is 5.88. The molecule has 2 aromatic heterocycles. The molecule has 2 fully saturated rings. The predicted octanol–water partition coefficient (Wildman–Crippen LogP) is 1.99. The number of rotatable bonds is 6. The minimum Gasteiger partial charge on any atom is -0.497 e. The molecular formula is C23H27N7O3. The van der Waals surface area contributed by atoms with Crippen LogP contribution in [0.2, 0.25) is 0 Å². The molecule has 33 heavy (non-hydrogen) atoms. The molecule has 5 rings (SSSR count). The molecule has 0 aliphatic carbocycles. The smallest absolute Gasteiger partial charge is 0.245 e. The van der Waals surface area contributed by atoms with Crippen LogP contribution in [-0.2, 0) is 4.79 Å². The summed E-state index contributed by atoms with van der Waals surface area (Å²) in [4.78, 5) is 24.8. The second kappa shape index (κ2) is 8.27. The van der Waals surface area contributed by atoms with Gasteiger partial charge in [0, 0.05) is 56.0 Å². The number of nitrogen functional groups attached to an aromatic ring is 1. The fraction of sp³-hybridized carbons (Fsp3) is 0.391. The number of ether oxygens (including phenoxy) is 2. The molecule has 1 atom stereocenters. The lowest BCUT2D eigenvalue weighted by Gasteiger charge is -2.41. The highest BCUT2D eigenvalue weighted by Gasteiger charge is 2.35. The van der Waals surface area contributed by atoms with Crippen molar-refractivity contribution in [3.63, 3.8) is 0 Å². The third-order valence-corrected chi connectivity index (χ3v) is 6.51. The fourth-order valence-corrected chi connectivity index (χ4v) is 4.67. The first-order valence-corrected chi connectivity index (χ1v) is 10.9. The molecular weight excluding hydrogens is 422 g/mol. The van der Waals surface area contributed by atoms with E-state index in [2.05, 4.69) is 21.4 Å².